The highest BCUT2D eigenvalue weighted by Crippen LogP contribution is 2.16. The molecule has 2 aromatic rings. The molecule has 138 valence electrons. The van der Waals surface area contributed by atoms with Crippen LogP contribution in [0, 0.1) is 11.3 Å². The van der Waals surface area contributed by atoms with Crippen LogP contribution in [-0.4, -0.2) is 21.2 Å². The minimum Gasteiger partial charge on any atom is -0.367 e. The van der Waals surface area contributed by atoms with E-state index in [1.807, 2.05) is 6.07 Å². The zero-order chi connectivity index (χ0) is 19.2. The Hall–Kier alpha value is -2.41. The fourth-order valence-corrected chi connectivity index (χ4v) is 3.10. The van der Waals surface area contributed by atoms with Gasteiger partial charge in [-0.2, -0.15) is 18.4 Å². The molecule has 1 N–H and O–H groups in total. The highest BCUT2D eigenvalue weighted by atomic mass is 32.2. The molecule has 2 rings (SSSR count). The Bertz CT molecular complexity index is 889. The monoisotopic (exact) mass is 384 g/mol. The van der Waals surface area contributed by atoms with E-state index in [9.17, 15) is 21.6 Å². The lowest BCUT2D eigenvalue weighted by atomic mass is 10.1. The summed E-state index contributed by atoms with van der Waals surface area (Å²) in [7, 11) is -3.78. The Morgan fingerprint density at radius 2 is 1.73 bits per heavy atom. The lowest BCUT2D eigenvalue weighted by molar-refractivity contribution is -0.176. The normalized spacial score (nSPS) is 11.9. The van der Waals surface area contributed by atoms with Crippen LogP contribution in [0.1, 0.15) is 16.7 Å². The van der Waals surface area contributed by atoms with E-state index in [1.54, 1.807) is 24.3 Å². The number of ether oxygens (including phenoxy) is 1. The van der Waals surface area contributed by atoms with E-state index in [4.69, 9.17) is 5.26 Å². The van der Waals surface area contributed by atoms with Gasteiger partial charge in [-0.1, -0.05) is 30.3 Å². The molecule has 0 radical (unpaired) electrons. The van der Waals surface area contributed by atoms with Crippen LogP contribution < -0.4 is 4.72 Å². The molecule has 0 saturated carbocycles. The molecule has 0 aliphatic rings. The van der Waals surface area contributed by atoms with Gasteiger partial charge in [-0.05, 0) is 29.3 Å². The molecule has 0 spiro atoms. The van der Waals surface area contributed by atoms with Crippen LogP contribution in [0.25, 0.3) is 0 Å². The molecule has 5 nitrogen and oxygen atoms in total. The molecule has 0 amide bonds. The van der Waals surface area contributed by atoms with Gasteiger partial charge in [0.05, 0.1) is 23.1 Å². The Morgan fingerprint density at radius 1 is 1.08 bits per heavy atom. The number of nitriles is 1. The SMILES string of the molecule is N#Cc1cccc(S(=O)(=O)NCc2ccc(COCC(F)(F)F)cc2)c1. The molecule has 2 aromatic carbocycles. The maximum absolute atomic E-state index is 12.2. The van der Waals surface area contributed by atoms with Gasteiger partial charge in [-0.3, -0.25) is 0 Å². The van der Waals surface area contributed by atoms with Crippen molar-refractivity contribution in [3.8, 4) is 6.07 Å². The minimum atomic E-state index is -4.37. The Morgan fingerprint density at radius 3 is 2.35 bits per heavy atom. The molecule has 0 aliphatic heterocycles. The van der Waals surface area contributed by atoms with Crippen LogP contribution in [0.4, 0.5) is 13.2 Å². The van der Waals surface area contributed by atoms with E-state index < -0.39 is 22.8 Å². The number of alkyl halides is 3. The van der Waals surface area contributed by atoms with E-state index in [0.717, 1.165) is 0 Å². The van der Waals surface area contributed by atoms with Gasteiger partial charge in [0.25, 0.3) is 0 Å². The Balaban J connectivity index is 1.93. The number of sulfonamides is 1. The second-order valence-electron chi connectivity index (χ2n) is 5.39. The van der Waals surface area contributed by atoms with Crippen molar-refractivity contribution < 1.29 is 26.3 Å². The fraction of sp³-hybridized carbons (Fsp3) is 0.235. The van der Waals surface area contributed by atoms with Gasteiger partial charge in [-0.25, -0.2) is 13.1 Å². The quantitative estimate of drug-likeness (QED) is 0.796. The van der Waals surface area contributed by atoms with Crippen molar-refractivity contribution in [3.63, 3.8) is 0 Å². The standard InChI is InChI=1S/C17H15F3N2O3S/c18-17(19,20)12-25-11-14-6-4-13(5-7-14)10-22-26(23,24)16-3-1-2-15(8-16)9-21/h1-8,22H,10-12H2. The highest BCUT2D eigenvalue weighted by molar-refractivity contribution is 7.89. The molecule has 26 heavy (non-hydrogen) atoms. The zero-order valence-corrected chi connectivity index (χ0v) is 14.3. The molecular formula is C17H15F3N2O3S. The van der Waals surface area contributed by atoms with Crippen molar-refractivity contribution >= 4 is 10.0 Å². The van der Waals surface area contributed by atoms with Crippen molar-refractivity contribution in [2.24, 2.45) is 0 Å². The molecule has 0 aromatic heterocycles. The zero-order valence-electron chi connectivity index (χ0n) is 13.5. The molecule has 0 aliphatic carbocycles. The number of hydrogen-bond donors (Lipinski definition) is 1. The number of hydrogen-bond acceptors (Lipinski definition) is 4. The molecule has 0 bridgehead atoms. The first kappa shape index (κ1) is 19.9. The number of benzene rings is 2. The summed E-state index contributed by atoms with van der Waals surface area (Å²) in [6.07, 6.45) is -4.37. The summed E-state index contributed by atoms with van der Waals surface area (Å²) in [6.45, 7) is -1.51. The Labute approximate surface area is 149 Å². The Kier molecular flexibility index (Phi) is 6.37. The van der Waals surface area contributed by atoms with E-state index in [-0.39, 0.29) is 23.6 Å². The fourth-order valence-electron chi connectivity index (χ4n) is 2.03. The molecule has 0 saturated heterocycles. The van der Waals surface area contributed by atoms with Crippen LogP contribution >= 0.6 is 0 Å². The van der Waals surface area contributed by atoms with Crippen molar-refractivity contribution in [3.05, 3.63) is 65.2 Å². The summed E-state index contributed by atoms with van der Waals surface area (Å²) in [6, 6.07) is 13.8. The third-order valence-corrected chi connectivity index (χ3v) is 4.70. The molecule has 9 heteroatoms. The summed E-state index contributed by atoms with van der Waals surface area (Å²) >= 11 is 0. The number of nitrogens with zero attached hydrogens (tertiary/aromatic N) is 1. The van der Waals surface area contributed by atoms with E-state index in [0.29, 0.717) is 11.1 Å². The minimum absolute atomic E-state index is 0.00278. The van der Waals surface area contributed by atoms with Gasteiger partial charge in [0.1, 0.15) is 6.61 Å². The van der Waals surface area contributed by atoms with Gasteiger partial charge < -0.3 is 4.74 Å². The molecule has 0 atom stereocenters. The van der Waals surface area contributed by atoms with Crippen molar-refractivity contribution in [1.29, 1.82) is 5.26 Å². The maximum Gasteiger partial charge on any atom is 0.411 e. The van der Waals surface area contributed by atoms with Crippen molar-refractivity contribution in [1.82, 2.24) is 4.72 Å². The van der Waals surface area contributed by atoms with Gasteiger partial charge >= 0.3 is 6.18 Å². The third kappa shape index (κ3) is 6.15. The van der Waals surface area contributed by atoms with Crippen LogP contribution in [-0.2, 0) is 27.9 Å². The second-order valence-corrected chi connectivity index (χ2v) is 7.16. The molecule has 0 fully saturated rings. The largest absolute Gasteiger partial charge is 0.411 e. The summed E-state index contributed by atoms with van der Waals surface area (Å²) in [5, 5.41) is 8.83. The van der Waals surface area contributed by atoms with E-state index in [1.165, 1.54) is 24.3 Å². The van der Waals surface area contributed by atoms with Crippen LogP contribution in [0.15, 0.2) is 53.4 Å². The predicted octanol–water partition coefficient (Wildman–Crippen LogP) is 3.12. The predicted molar refractivity (Wildman–Crippen MR) is 87.3 cm³/mol. The third-order valence-electron chi connectivity index (χ3n) is 3.30. The van der Waals surface area contributed by atoms with E-state index in [2.05, 4.69) is 9.46 Å². The van der Waals surface area contributed by atoms with Gasteiger partial charge in [0.15, 0.2) is 0 Å². The van der Waals surface area contributed by atoms with Crippen LogP contribution in [0.5, 0.6) is 0 Å². The van der Waals surface area contributed by atoms with Crippen molar-refractivity contribution in [2.75, 3.05) is 6.61 Å². The highest BCUT2D eigenvalue weighted by Gasteiger charge is 2.27. The average Bonchev–Trinajstić information content (AvgIpc) is 2.60. The lowest BCUT2D eigenvalue weighted by Crippen LogP contribution is -2.23. The summed E-state index contributed by atoms with van der Waals surface area (Å²) in [4.78, 5) is -0.0197. The van der Waals surface area contributed by atoms with Crippen LogP contribution in [0.2, 0.25) is 0 Å². The lowest BCUT2D eigenvalue weighted by Gasteiger charge is -2.09. The number of rotatable bonds is 7. The first-order valence-corrected chi connectivity index (χ1v) is 8.90. The average molecular weight is 384 g/mol. The smallest absolute Gasteiger partial charge is 0.367 e. The van der Waals surface area contributed by atoms with Gasteiger partial charge in [0, 0.05) is 6.54 Å². The second kappa shape index (κ2) is 8.31. The maximum atomic E-state index is 12.2. The van der Waals surface area contributed by atoms with Gasteiger partial charge in [-0.15, -0.1) is 0 Å². The first-order chi connectivity index (χ1) is 12.2. The number of halogens is 3. The summed E-state index contributed by atoms with van der Waals surface area (Å²) in [5.41, 5.74) is 1.41. The molecule has 0 unspecified atom stereocenters. The topological polar surface area (TPSA) is 79.2 Å². The van der Waals surface area contributed by atoms with Crippen molar-refractivity contribution in [2.45, 2.75) is 24.2 Å². The van der Waals surface area contributed by atoms with Crippen LogP contribution in [0.3, 0.4) is 0 Å². The first-order valence-electron chi connectivity index (χ1n) is 7.42. The van der Waals surface area contributed by atoms with Gasteiger partial charge in [0.2, 0.25) is 10.0 Å². The molecule has 0 heterocycles. The summed E-state index contributed by atoms with van der Waals surface area (Å²) in [5.74, 6) is 0. The van der Waals surface area contributed by atoms with E-state index >= 15 is 0 Å². The molecular weight excluding hydrogens is 369 g/mol. The number of nitrogens with one attached hydrogen (secondary N) is 1. The summed E-state index contributed by atoms with van der Waals surface area (Å²) < 4.78 is 67.5.